The third kappa shape index (κ3) is 4.07. The average molecular weight is 336 g/mol. The molecule has 0 fully saturated rings. The lowest BCUT2D eigenvalue weighted by Gasteiger charge is -2.06. The molecule has 2 aromatic carbocycles. The zero-order valence-corrected chi connectivity index (χ0v) is 14.3. The summed E-state index contributed by atoms with van der Waals surface area (Å²) in [6.07, 6.45) is 2.05. The molecule has 0 bridgehead atoms. The topological polar surface area (TPSA) is 64.4 Å². The number of aromatic nitrogens is 1. The van der Waals surface area contributed by atoms with E-state index in [0.29, 0.717) is 12.3 Å². The summed E-state index contributed by atoms with van der Waals surface area (Å²) in [6, 6.07) is 15.5. The molecule has 0 aliphatic carbocycles. The first-order valence-electron chi connectivity index (χ1n) is 8.09. The first-order chi connectivity index (χ1) is 12.2. The smallest absolute Gasteiger partial charge is 0.273 e. The fourth-order valence-electron chi connectivity index (χ4n) is 2.63. The van der Waals surface area contributed by atoms with Crippen molar-refractivity contribution in [2.24, 2.45) is 0 Å². The van der Waals surface area contributed by atoms with E-state index in [-0.39, 0.29) is 11.6 Å². The molecule has 0 unspecified atom stereocenters. The third-order valence-corrected chi connectivity index (χ3v) is 3.92. The van der Waals surface area contributed by atoms with Gasteiger partial charge >= 0.3 is 0 Å². The first-order valence-corrected chi connectivity index (χ1v) is 8.09. The van der Waals surface area contributed by atoms with Crippen LogP contribution in [0.5, 0.6) is 5.75 Å². The van der Waals surface area contributed by atoms with E-state index in [0.717, 1.165) is 17.7 Å². The quantitative estimate of drug-likeness (QED) is 0.746. The van der Waals surface area contributed by atoms with Crippen LogP contribution in [0.4, 0.5) is 0 Å². The van der Waals surface area contributed by atoms with E-state index >= 15 is 0 Å². The molecule has 0 aliphatic heterocycles. The Kier molecular flexibility index (Phi) is 5.14. The maximum absolute atomic E-state index is 12.4. The van der Waals surface area contributed by atoms with Gasteiger partial charge in [0, 0.05) is 12.1 Å². The van der Waals surface area contributed by atoms with E-state index < -0.39 is 0 Å². The normalized spacial score (nSPS) is 10.5. The number of benzene rings is 2. The van der Waals surface area contributed by atoms with Crippen molar-refractivity contribution in [2.75, 3.05) is 13.7 Å². The van der Waals surface area contributed by atoms with Crippen molar-refractivity contribution in [3.05, 3.63) is 71.7 Å². The number of rotatable bonds is 6. The van der Waals surface area contributed by atoms with Gasteiger partial charge in [0.1, 0.15) is 5.75 Å². The van der Waals surface area contributed by atoms with E-state index in [1.165, 1.54) is 17.5 Å². The van der Waals surface area contributed by atoms with Gasteiger partial charge in [0.25, 0.3) is 5.91 Å². The van der Waals surface area contributed by atoms with Crippen molar-refractivity contribution in [2.45, 2.75) is 13.3 Å². The predicted octanol–water partition coefficient (Wildman–Crippen LogP) is 3.63. The highest BCUT2D eigenvalue weighted by Crippen LogP contribution is 2.25. The highest BCUT2D eigenvalue weighted by Gasteiger charge is 2.18. The molecule has 3 rings (SSSR count). The number of amides is 1. The van der Waals surface area contributed by atoms with E-state index in [1.54, 1.807) is 7.11 Å². The zero-order chi connectivity index (χ0) is 17.6. The average Bonchev–Trinajstić information content (AvgIpc) is 3.11. The Morgan fingerprint density at radius 1 is 1.20 bits per heavy atom. The number of nitrogens with zero attached hydrogens (tertiary/aromatic N) is 1. The van der Waals surface area contributed by atoms with E-state index in [1.807, 2.05) is 30.3 Å². The predicted molar refractivity (Wildman–Crippen MR) is 95.7 cm³/mol. The molecule has 1 aromatic heterocycles. The second-order valence-electron chi connectivity index (χ2n) is 5.75. The van der Waals surface area contributed by atoms with Crippen LogP contribution in [0.3, 0.4) is 0 Å². The maximum Gasteiger partial charge on any atom is 0.273 e. The number of methoxy groups -OCH3 is 1. The van der Waals surface area contributed by atoms with E-state index in [4.69, 9.17) is 9.15 Å². The van der Waals surface area contributed by atoms with Gasteiger partial charge in [-0.3, -0.25) is 4.79 Å². The molecule has 0 aliphatic rings. The standard InChI is InChI=1S/C20H20N2O3/c1-14-4-3-5-15(12-14)10-11-21-20(23)18-19(25-13-22-18)16-6-8-17(24-2)9-7-16/h3-9,12-13H,10-11H2,1-2H3,(H,21,23). The van der Waals surface area contributed by atoms with Gasteiger partial charge in [0.05, 0.1) is 7.11 Å². The number of carbonyl (C=O) groups excluding carboxylic acids is 1. The monoisotopic (exact) mass is 336 g/mol. The van der Waals surface area contributed by atoms with Gasteiger partial charge in [-0.1, -0.05) is 29.8 Å². The Hall–Kier alpha value is -3.08. The molecule has 0 atom stereocenters. The van der Waals surface area contributed by atoms with Crippen molar-refractivity contribution < 1.29 is 13.9 Å². The number of carbonyl (C=O) groups is 1. The van der Waals surface area contributed by atoms with Gasteiger partial charge in [-0.15, -0.1) is 0 Å². The van der Waals surface area contributed by atoms with Crippen LogP contribution in [0, 0.1) is 6.92 Å². The molecular formula is C20H20N2O3. The van der Waals surface area contributed by atoms with E-state index in [9.17, 15) is 4.79 Å². The van der Waals surface area contributed by atoms with Crippen molar-refractivity contribution in [1.82, 2.24) is 10.3 Å². The Morgan fingerprint density at radius 3 is 2.72 bits per heavy atom. The number of hydrogen-bond donors (Lipinski definition) is 1. The number of aryl methyl sites for hydroxylation is 1. The van der Waals surface area contributed by atoms with Gasteiger partial charge in [-0.2, -0.15) is 0 Å². The first kappa shape index (κ1) is 16.8. The van der Waals surface area contributed by atoms with Crippen LogP contribution in [0.15, 0.2) is 59.3 Å². The summed E-state index contributed by atoms with van der Waals surface area (Å²) < 4.78 is 10.6. The fourth-order valence-corrected chi connectivity index (χ4v) is 2.63. The van der Waals surface area contributed by atoms with Gasteiger partial charge in [-0.05, 0) is 43.2 Å². The maximum atomic E-state index is 12.4. The van der Waals surface area contributed by atoms with Crippen LogP contribution >= 0.6 is 0 Å². The second-order valence-corrected chi connectivity index (χ2v) is 5.75. The molecule has 5 heteroatoms. The molecule has 25 heavy (non-hydrogen) atoms. The minimum absolute atomic E-state index is 0.243. The molecule has 0 saturated heterocycles. The molecule has 1 amide bonds. The lowest BCUT2D eigenvalue weighted by molar-refractivity contribution is 0.0950. The lowest BCUT2D eigenvalue weighted by Crippen LogP contribution is -2.26. The largest absolute Gasteiger partial charge is 0.497 e. The molecule has 1 heterocycles. The molecule has 1 N–H and O–H groups in total. The minimum Gasteiger partial charge on any atom is -0.497 e. The summed E-state index contributed by atoms with van der Waals surface area (Å²) in [5, 5.41) is 2.90. The van der Waals surface area contributed by atoms with Crippen molar-refractivity contribution in [3.63, 3.8) is 0 Å². The number of hydrogen-bond acceptors (Lipinski definition) is 4. The van der Waals surface area contributed by atoms with Crippen LogP contribution in [0.2, 0.25) is 0 Å². The molecule has 3 aromatic rings. The number of nitrogens with one attached hydrogen (secondary N) is 1. The van der Waals surface area contributed by atoms with E-state index in [2.05, 4.69) is 35.4 Å². The van der Waals surface area contributed by atoms with Crippen molar-refractivity contribution in [1.29, 1.82) is 0 Å². The summed E-state index contributed by atoms with van der Waals surface area (Å²) in [4.78, 5) is 16.5. The van der Waals surface area contributed by atoms with Crippen molar-refractivity contribution in [3.8, 4) is 17.1 Å². The Morgan fingerprint density at radius 2 is 2.00 bits per heavy atom. The highest BCUT2D eigenvalue weighted by molar-refractivity contribution is 5.97. The molecule has 0 spiro atoms. The zero-order valence-electron chi connectivity index (χ0n) is 14.3. The minimum atomic E-state index is -0.243. The van der Waals surface area contributed by atoms with Gasteiger partial charge in [0.15, 0.2) is 17.8 Å². The van der Waals surface area contributed by atoms with Gasteiger partial charge in [0.2, 0.25) is 0 Å². The summed E-state index contributed by atoms with van der Waals surface area (Å²) in [5.41, 5.74) is 3.47. The molecule has 0 saturated carbocycles. The Bertz CT molecular complexity index is 853. The second kappa shape index (κ2) is 7.66. The van der Waals surface area contributed by atoms with Crippen LogP contribution < -0.4 is 10.1 Å². The highest BCUT2D eigenvalue weighted by atomic mass is 16.5. The molecular weight excluding hydrogens is 316 g/mol. The molecule has 0 radical (unpaired) electrons. The summed E-state index contributed by atoms with van der Waals surface area (Å²) in [7, 11) is 1.61. The van der Waals surface area contributed by atoms with Gasteiger partial charge < -0.3 is 14.5 Å². The molecule has 5 nitrogen and oxygen atoms in total. The fraction of sp³-hybridized carbons (Fsp3) is 0.200. The van der Waals surface area contributed by atoms with Crippen LogP contribution in [0.25, 0.3) is 11.3 Å². The Balaban J connectivity index is 1.65. The van der Waals surface area contributed by atoms with Gasteiger partial charge in [-0.25, -0.2) is 4.98 Å². The third-order valence-electron chi connectivity index (χ3n) is 3.92. The summed E-state index contributed by atoms with van der Waals surface area (Å²) >= 11 is 0. The summed E-state index contributed by atoms with van der Waals surface area (Å²) in [6.45, 7) is 2.59. The lowest BCUT2D eigenvalue weighted by atomic mass is 10.1. The SMILES string of the molecule is COc1ccc(-c2ocnc2C(=O)NCCc2cccc(C)c2)cc1. The molecule has 128 valence electrons. The Labute approximate surface area is 146 Å². The summed E-state index contributed by atoms with van der Waals surface area (Å²) in [5.74, 6) is 0.954. The van der Waals surface area contributed by atoms with Crippen LogP contribution in [0.1, 0.15) is 21.6 Å². The van der Waals surface area contributed by atoms with Crippen LogP contribution in [-0.4, -0.2) is 24.5 Å². The van der Waals surface area contributed by atoms with Crippen molar-refractivity contribution >= 4 is 5.91 Å². The number of oxazole rings is 1. The number of ether oxygens (including phenoxy) is 1. The van der Waals surface area contributed by atoms with Crippen LogP contribution in [-0.2, 0) is 6.42 Å².